The number of sulfonamides is 1. The Bertz CT molecular complexity index is 769. The molecule has 9 heteroatoms. The van der Waals surface area contributed by atoms with Crippen LogP contribution >= 0.6 is 12.4 Å². The van der Waals surface area contributed by atoms with Crippen LogP contribution in [0.2, 0.25) is 0 Å². The number of benzene rings is 1. The summed E-state index contributed by atoms with van der Waals surface area (Å²) >= 11 is 0. The molecule has 0 aromatic heterocycles. The van der Waals surface area contributed by atoms with E-state index in [4.69, 9.17) is 0 Å². The summed E-state index contributed by atoms with van der Waals surface area (Å²) in [6.45, 7) is 3.64. The van der Waals surface area contributed by atoms with Crippen LogP contribution in [0.25, 0.3) is 0 Å². The predicted molar refractivity (Wildman–Crippen MR) is 109 cm³/mol. The molecule has 1 aromatic carbocycles. The maximum Gasteiger partial charge on any atom is 0.239 e. The number of halogens is 2. The van der Waals surface area contributed by atoms with Gasteiger partial charge in [-0.2, -0.15) is 0 Å². The minimum atomic E-state index is -3.70. The topological polar surface area (TPSA) is 78.5 Å². The van der Waals surface area contributed by atoms with Gasteiger partial charge in [-0.05, 0) is 49.3 Å². The summed E-state index contributed by atoms with van der Waals surface area (Å²) in [6, 6.07) is 5.66. The molecule has 2 N–H and O–H groups in total. The molecule has 1 aliphatic carbocycles. The fourth-order valence-corrected chi connectivity index (χ4v) is 5.25. The number of carbonyl (C=O) groups excluding carboxylic acids is 1. The minimum absolute atomic E-state index is 0. The van der Waals surface area contributed by atoms with Crippen molar-refractivity contribution in [2.75, 3.05) is 25.4 Å². The Morgan fingerprint density at radius 2 is 2.00 bits per heavy atom. The molecule has 1 unspecified atom stereocenters. The lowest BCUT2D eigenvalue weighted by atomic mass is 9.88. The Hall–Kier alpha value is -1.22. The van der Waals surface area contributed by atoms with Gasteiger partial charge >= 0.3 is 0 Å². The van der Waals surface area contributed by atoms with Crippen LogP contribution in [0.4, 0.5) is 4.39 Å². The molecule has 0 spiro atoms. The van der Waals surface area contributed by atoms with Crippen LogP contribution in [0.5, 0.6) is 0 Å². The van der Waals surface area contributed by atoms with Crippen LogP contribution in [0, 0.1) is 11.7 Å². The van der Waals surface area contributed by atoms with Crippen LogP contribution in [0.15, 0.2) is 24.3 Å². The molecule has 1 heterocycles. The van der Waals surface area contributed by atoms with Gasteiger partial charge in [0.05, 0.1) is 6.04 Å². The number of piperazine rings is 1. The zero-order chi connectivity index (χ0) is 19.4. The molecule has 28 heavy (non-hydrogen) atoms. The number of carbonyl (C=O) groups is 1. The van der Waals surface area contributed by atoms with Crippen molar-refractivity contribution in [3.8, 4) is 0 Å². The molecule has 0 bridgehead atoms. The van der Waals surface area contributed by atoms with Crippen molar-refractivity contribution >= 4 is 28.3 Å². The third kappa shape index (κ3) is 6.14. The summed E-state index contributed by atoms with van der Waals surface area (Å²) in [5.41, 5.74) is 0.669. The lowest BCUT2D eigenvalue weighted by molar-refractivity contribution is -0.131. The molecule has 2 fully saturated rings. The number of hydrogen-bond donors (Lipinski definition) is 2. The molecule has 1 atom stereocenters. The SMILES string of the molecule is CC1CCC(NS(=O)(=O)CC(=O)N2CCNCC2c2cccc(F)c2)CC1.Cl. The largest absolute Gasteiger partial charge is 0.332 e. The lowest BCUT2D eigenvalue weighted by Crippen LogP contribution is -2.51. The van der Waals surface area contributed by atoms with Gasteiger partial charge in [0.15, 0.2) is 0 Å². The van der Waals surface area contributed by atoms with Crippen molar-refractivity contribution in [1.29, 1.82) is 0 Å². The Morgan fingerprint density at radius 3 is 2.68 bits per heavy atom. The quantitative estimate of drug-likeness (QED) is 0.746. The van der Waals surface area contributed by atoms with Gasteiger partial charge in [-0.3, -0.25) is 4.79 Å². The molecule has 0 radical (unpaired) electrons. The highest BCUT2D eigenvalue weighted by Crippen LogP contribution is 2.25. The first-order valence-corrected chi connectivity index (χ1v) is 11.2. The number of rotatable bonds is 5. The van der Waals surface area contributed by atoms with E-state index in [2.05, 4.69) is 17.0 Å². The summed E-state index contributed by atoms with van der Waals surface area (Å²) in [6.07, 6.45) is 3.63. The van der Waals surface area contributed by atoms with E-state index in [1.165, 1.54) is 12.1 Å². The zero-order valence-electron chi connectivity index (χ0n) is 16.1. The normalized spacial score (nSPS) is 25.8. The highest BCUT2D eigenvalue weighted by molar-refractivity contribution is 7.90. The van der Waals surface area contributed by atoms with E-state index < -0.39 is 21.7 Å². The fourth-order valence-electron chi connectivity index (χ4n) is 3.93. The van der Waals surface area contributed by atoms with E-state index in [-0.39, 0.29) is 30.3 Å². The fraction of sp³-hybridized carbons (Fsp3) is 0.632. The Labute approximate surface area is 172 Å². The second-order valence-electron chi connectivity index (χ2n) is 7.70. The molecule has 1 amide bonds. The van der Waals surface area contributed by atoms with E-state index in [1.54, 1.807) is 17.0 Å². The van der Waals surface area contributed by atoms with Crippen LogP contribution < -0.4 is 10.0 Å². The molecule has 1 aliphatic heterocycles. The summed E-state index contributed by atoms with van der Waals surface area (Å²) in [5.74, 6) is -0.751. The number of amides is 1. The molecule has 1 saturated heterocycles. The van der Waals surface area contributed by atoms with E-state index in [0.29, 0.717) is 31.1 Å². The number of nitrogens with one attached hydrogen (secondary N) is 2. The first kappa shape index (κ1) is 23.1. The van der Waals surface area contributed by atoms with Crippen LogP contribution in [0.1, 0.15) is 44.2 Å². The van der Waals surface area contributed by atoms with Crippen molar-refractivity contribution in [1.82, 2.24) is 14.9 Å². The van der Waals surface area contributed by atoms with Gasteiger partial charge in [0.1, 0.15) is 11.6 Å². The van der Waals surface area contributed by atoms with Gasteiger partial charge in [-0.25, -0.2) is 17.5 Å². The van der Waals surface area contributed by atoms with E-state index in [0.717, 1.165) is 25.7 Å². The molecule has 6 nitrogen and oxygen atoms in total. The first-order chi connectivity index (χ1) is 12.8. The number of hydrogen-bond acceptors (Lipinski definition) is 4. The van der Waals surface area contributed by atoms with E-state index >= 15 is 0 Å². The Balaban J connectivity index is 0.00000280. The van der Waals surface area contributed by atoms with Gasteiger partial charge in [-0.1, -0.05) is 19.1 Å². The molecule has 1 aromatic rings. The maximum absolute atomic E-state index is 13.6. The molecule has 3 rings (SSSR count). The van der Waals surface area contributed by atoms with Gasteiger partial charge in [0.25, 0.3) is 0 Å². The highest BCUT2D eigenvalue weighted by atomic mass is 35.5. The van der Waals surface area contributed by atoms with Gasteiger partial charge < -0.3 is 10.2 Å². The average Bonchev–Trinajstić information content (AvgIpc) is 2.63. The summed E-state index contributed by atoms with van der Waals surface area (Å²) in [4.78, 5) is 14.3. The Kier molecular flexibility index (Phi) is 8.24. The van der Waals surface area contributed by atoms with Crippen molar-refractivity contribution < 1.29 is 17.6 Å². The Morgan fingerprint density at radius 1 is 1.29 bits per heavy atom. The van der Waals surface area contributed by atoms with Crippen molar-refractivity contribution in [3.63, 3.8) is 0 Å². The van der Waals surface area contributed by atoms with Crippen LogP contribution in [0.3, 0.4) is 0 Å². The molecule has 2 aliphatic rings. The van der Waals surface area contributed by atoms with Crippen LogP contribution in [-0.2, 0) is 14.8 Å². The smallest absolute Gasteiger partial charge is 0.239 e. The third-order valence-electron chi connectivity index (χ3n) is 5.47. The van der Waals surface area contributed by atoms with Crippen molar-refractivity contribution in [2.24, 2.45) is 5.92 Å². The predicted octanol–water partition coefficient (Wildman–Crippen LogP) is 2.22. The summed E-state index contributed by atoms with van der Waals surface area (Å²) in [7, 11) is -3.70. The second kappa shape index (κ2) is 10.0. The third-order valence-corrected chi connectivity index (χ3v) is 6.79. The lowest BCUT2D eigenvalue weighted by Gasteiger charge is -2.36. The van der Waals surface area contributed by atoms with Gasteiger partial charge in [-0.15, -0.1) is 12.4 Å². The monoisotopic (exact) mass is 433 g/mol. The van der Waals surface area contributed by atoms with Crippen LogP contribution in [-0.4, -0.2) is 50.7 Å². The standard InChI is InChI=1S/C19H28FN3O3S.ClH/c1-14-5-7-17(8-6-14)22-27(25,26)13-19(24)23-10-9-21-12-18(23)15-3-2-4-16(20)11-15;/h2-4,11,14,17-18,21-22H,5-10,12-13H2,1H3;1H. The average molecular weight is 434 g/mol. The zero-order valence-corrected chi connectivity index (χ0v) is 17.7. The van der Waals surface area contributed by atoms with E-state index in [9.17, 15) is 17.6 Å². The molecule has 1 saturated carbocycles. The van der Waals surface area contributed by atoms with Crippen molar-refractivity contribution in [3.05, 3.63) is 35.6 Å². The maximum atomic E-state index is 13.6. The molecular weight excluding hydrogens is 405 g/mol. The molecule has 158 valence electrons. The molecular formula is C19H29ClFN3O3S. The minimum Gasteiger partial charge on any atom is -0.332 e. The highest BCUT2D eigenvalue weighted by Gasteiger charge is 2.32. The van der Waals surface area contributed by atoms with Gasteiger partial charge in [0.2, 0.25) is 15.9 Å². The summed E-state index contributed by atoms with van der Waals surface area (Å²) < 4.78 is 41.3. The van der Waals surface area contributed by atoms with Gasteiger partial charge in [0, 0.05) is 25.7 Å². The summed E-state index contributed by atoms with van der Waals surface area (Å²) in [5, 5.41) is 3.19. The first-order valence-electron chi connectivity index (χ1n) is 9.60. The second-order valence-corrected chi connectivity index (χ2v) is 9.45. The number of nitrogens with zero attached hydrogens (tertiary/aromatic N) is 1. The van der Waals surface area contributed by atoms with Crippen molar-refractivity contribution in [2.45, 2.75) is 44.7 Å². The van der Waals surface area contributed by atoms with E-state index in [1.807, 2.05) is 0 Å².